The summed E-state index contributed by atoms with van der Waals surface area (Å²) in [4.78, 5) is 59.3. The maximum atomic E-state index is 15.2. The number of benzene rings is 1. The molecule has 45 heavy (non-hydrogen) atoms. The van der Waals surface area contributed by atoms with Crippen LogP contribution in [0.4, 0.5) is 0 Å². The lowest BCUT2D eigenvalue weighted by Gasteiger charge is -2.46. The van der Waals surface area contributed by atoms with E-state index in [9.17, 15) is 19.5 Å². The lowest BCUT2D eigenvalue weighted by molar-refractivity contribution is -0.160. The number of esters is 1. The highest BCUT2D eigenvalue weighted by atomic mass is 16.6. The summed E-state index contributed by atoms with van der Waals surface area (Å²) in [5.41, 5.74) is -1.53. The Morgan fingerprint density at radius 2 is 1.76 bits per heavy atom. The number of carbonyl (C=O) groups is 4. The summed E-state index contributed by atoms with van der Waals surface area (Å²) in [7, 11) is 0. The second-order valence-electron chi connectivity index (χ2n) is 14.6. The van der Waals surface area contributed by atoms with Gasteiger partial charge in [0.15, 0.2) is 0 Å². The molecule has 10 heteroatoms. The number of likely N-dealkylation sites (tertiary alicyclic amines) is 1. The van der Waals surface area contributed by atoms with E-state index >= 15 is 4.79 Å². The molecule has 5 rings (SSSR count). The standard InChI is InChI=1S/C35H47N3O7/c1-22-19-36-26(40)15-11-8-12-18-37(34(5,6)21-33(2,3)4)31(42)29-35-17-16-25(45-35)27(32(43)44-22)28(35)30(41)38(29)24(20-39)23-13-9-7-10-14-23/h7-10,12-14,16-17,22,24-25,27-29,39H,11,15,18-21H2,1-6H3,(H,36,40)/b12-8-/t22-,24+,25+,27-,28-,29+,35-/m0/s1. The normalized spacial score (nSPS) is 32.4. The number of cyclic esters (lactones) is 1. The second kappa shape index (κ2) is 12.4. The van der Waals surface area contributed by atoms with Gasteiger partial charge in [-0.2, -0.15) is 0 Å². The van der Waals surface area contributed by atoms with Gasteiger partial charge >= 0.3 is 5.97 Å². The predicted octanol–water partition coefficient (Wildman–Crippen LogP) is 3.31. The molecule has 0 radical (unpaired) electrons. The summed E-state index contributed by atoms with van der Waals surface area (Å²) < 4.78 is 12.3. The number of fused-ring (bicyclic) bond motifs is 2. The van der Waals surface area contributed by atoms with Crippen molar-refractivity contribution in [3.8, 4) is 0 Å². The first-order chi connectivity index (χ1) is 21.2. The average Bonchev–Trinajstić information content (AvgIpc) is 3.60. The third-order valence-electron chi connectivity index (χ3n) is 9.37. The van der Waals surface area contributed by atoms with Crippen molar-refractivity contribution in [1.29, 1.82) is 0 Å². The van der Waals surface area contributed by atoms with Crippen LogP contribution in [0.2, 0.25) is 0 Å². The minimum absolute atomic E-state index is 0.128. The number of ether oxygens (including phenoxy) is 2. The van der Waals surface area contributed by atoms with Crippen LogP contribution >= 0.6 is 0 Å². The minimum Gasteiger partial charge on any atom is -0.460 e. The lowest BCUT2D eigenvalue weighted by atomic mass is 9.74. The topological polar surface area (TPSA) is 125 Å². The Hall–Kier alpha value is -3.50. The molecule has 4 aliphatic heterocycles. The summed E-state index contributed by atoms with van der Waals surface area (Å²) in [5, 5.41) is 13.6. The summed E-state index contributed by atoms with van der Waals surface area (Å²) in [6.45, 7) is 12.0. The van der Waals surface area contributed by atoms with E-state index in [1.807, 2.05) is 56.3 Å². The molecule has 244 valence electrons. The highest BCUT2D eigenvalue weighted by Gasteiger charge is 2.74. The van der Waals surface area contributed by atoms with Crippen LogP contribution < -0.4 is 5.32 Å². The molecular formula is C35H47N3O7. The molecule has 7 atom stereocenters. The third-order valence-corrected chi connectivity index (χ3v) is 9.37. The summed E-state index contributed by atoms with van der Waals surface area (Å²) in [6, 6.07) is 7.15. The lowest BCUT2D eigenvalue weighted by Crippen LogP contribution is -2.61. The smallest absolute Gasteiger partial charge is 0.313 e. The quantitative estimate of drug-likeness (QED) is 0.382. The van der Waals surface area contributed by atoms with Gasteiger partial charge in [0.2, 0.25) is 17.7 Å². The van der Waals surface area contributed by atoms with Gasteiger partial charge in [0.25, 0.3) is 0 Å². The van der Waals surface area contributed by atoms with Crippen molar-refractivity contribution in [3.63, 3.8) is 0 Å². The Bertz CT molecular complexity index is 1370. The number of nitrogens with zero attached hydrogens (tertiary/aromatic N) is 2. The highest BCUT2D eigenvalue weighted by molar-refractivity contribution is 5.99. The van der Waals surface area contributed by atoms with E-state index < -0.39 is 65.8 Å². The Balaban J connectivity index is 1.66. The molecule has 0 aromatic heterocycles. The number of nitrogens with one attached hydrogen (secondary N) is 1. The number of aliphatic hydroxyl groups excluding tert-OH is 1. The number of amides is 3. The van der Waals surface area contributed by atoms with E-state index in [0.717, 1.165) is 0 Å². The van der Waals surface area contributed by atoms with Crippen LogP contribution in [-0.2, 0) is 28.7 Å². The van der Waals surface area contributed by atoms with E-state index in [4.69, 9.17) is 9.47 Å². The molecule has 2 fully saturated rings. The maximum Gasteiger partial charge on any atom is 0.313 e. The van der Waals surface area contributed by atoms with Crippen molar-refractivity contribution in [2.45, 2.75) is 96.2 Å². The number of aliphatic hydroxyl groups is 1. The molecule has 0 saturated carbocycles. The number of carbonyl (C=O) groups excluding carboxylic acids is 4. The van der Waals surface area contributed by atoms with Gasteiger partial charge in [-0.25, -0.2) is 0 Å². The van der Waals surface area contributed by atoms with Gasteiger partial charge in [-0.15, -0.1) is 0 Å². The van der Waals surface area contributed by atoms with Crippen LogP contribution in [0.1, 0.15) is 72.4 Å². The SMILES string of the molecule is C[C@H]1CNC(=O)CC/C=C\CN(C(C)(C)CC(C)(C)C)C(=O)[C@H]2N([C@H](CO)c3ccccc3)C(=O)[C@@H]3[C@@H](C(=O)O1)[C@H]1C=C[C@]32O1. The van der Waals surface area contributed by atoms with Crippen LogP contribution in [0.25, 0.3) is 0 Å². The summed E-state index contributed by atoms with van der Waals surface area (Å²) >= 11 is 0. The average molecular weight is 622 g/mol. The van der Waals surface area contributed by atoms with Crippen molar-refractivity contribution >= 4 is 23.7 Å². The molecule has 3 amide bonds. The zero-order valence-corrected chi connectivity index (χ0v) is 27.2. The molecule has 4 heterocycles. The number of allylic oxidation sites excluding steroid dienone is 1. The second-order valence-corrected chi connectivity index (χ2v) is 14.6. The van der Waals surface area contributed by atoms with E-state index in [1.54, 1.807) is 24.0 Å². The first kappa shape index (κ1) is 32.9. The van der Waals surface area contributed by atoms with Gasteiger partial charge < -0.3 is 29.7 Å². The predicted molar refractivity (Wildman–Crippen MR) is 167 cm³/mol. The van der Waals surface area contributed by atoms with Crippen molar-refractivity contribution in [2.24, 2.45) is 17.3 Å². The molecule has 0 unspecified atom stereocenters. The van der Waals surface area contributed by atoms with E-state index in [2.05, 4.69) is 26.1 Å². The van der Waals surface area contributed by atoms with Gasteiger partial charge in [0, 0.05) is 18.5 Å². The molecule has 1 spiro atoms. The molecule has 5 bridgehead atoms. The van der Waals surface area contributed by atoms with Crippen molar-refractivity contribution in [1.82, 2.24) is 15.1 Å². The third kappa shape index (κ3) is 6.19. The fourth-order valence-electron chi connectivity index (χ4n) is 7.88. The Kier molecular flexibility index (Phi) is 9.03. The minimum atomic E-state index is -1.42. The van der Waals surface area contributed by atoms with Crippen LogP contribution in [0.3, 0.4) is 0 Å². The Morgan fingerprint density at radius 1 is 1.04 bits per heavy atom. The zero-order valence-electron chi connectivity index (χ0n) is 27.2. The van der Waals surface area contributed by atoms with Crippen LogP contribution in [0, 0.1) is 17.3 Å². The van der Waals surface area contributed by atoms with Crippen molar-refractivity contribution in [3.05, 3.63) is 60.2 Å². The Morgan fingerprint density at radius 3 is 2.42 bits per heavy atom. The molecule has 1 aromatic rings. The first-order valence-electron chi connectivity index (χ1n) is 16.0. The van der Waals surface area contributed by atoms with Crippen LogP contribution in [0.15, 0.2) is 54.6 Å². The van der Waals surface area contributed by atoms with Crippen molar-refractivity contribution < 1.29 is 33.8 Å². The van der Waals surface area contributed by atoms with Gasteiger partial charge in [0.05, 0.1) is 31.2 Å². The number of hydrogen-bond donors (Lipinski definition) is 2. The van der Waals surface area contributed by atoms with Crippen LogP contribution in [-0.4, -0.2) is 87.7 Å². The number of rotatable bonds is 5. The van der Waals surface area contributed by atoms with Crippen LogP contribution in [0.5, 0.6) is 0 Å². The van der Waals surface area contributed by atoms with Crippen molar-refractivity contribution in [2.75, 3.05) is 19.7 Å². The van der Waals surface area contributed by atoms with Gasteiger partial charge in [0.1, 0.15) is 23.7 Å². The Labute approximate surface area is 265 Å². The van der Waals surface area contributed by atoms with E-state index in [-0.39, 0.29) is 36.7 Å². The van der Waals surface area contributed by atoms with E-state index in [1.165, 1.54) is 4.90 Å². The fraction of sp³-hybridized carbons (Fsp3) is 0.600. The van der Waals surface area contributed by atoms with Gasteiger partial charge in [-0.1, -0.05) is 75.4 Å². The van der Waals surface area contributed by atoms with E-state index in [0.29, 0.717) is 18.4 Å². The molecule has 2 saturated heterocycles. The molecular weight excluding hydrogens is 574 g/mol. The summed E-state index contributed by atoms with van der Waals surface area (Å²) in [6.07, 6.45) is 7.31. The highest BCUT2D eigenvalue weighted by Crippen LogP contribution is 2.57. The molecule has 2 N–H and O–H groups in total. The molecule has 0 aliphatic carbocycles. The maximum absolute atomic E-state index is 15.2. The van der Waals surface area contributed by atoms with Gasteiger partial charge in [-0.3, -0.25) is 19.2 Å². The zero-order chi connectivity index (χ0) is 32.7. The summed E-state index contributed by atoms with van der Waals surface area (Å²) in [5.74, 6) is -3.55. The fourth-order valence-corrected chi connectivity index (χ4v) is 7.88. The van der Waals surface area contributed by atoms with Gasteiger partial charge in [-0.05, 0) is 44.6 Å². The first-order valence-corrected chi connectivity index (χ1v) is 16.0. The largest absolute Gasteiger partial charge is 0.460 e. The molecule has 1 aromatic carbocycles. The number of hydrogen-bond acceptors (Lipinski definition) is 7. The molecule has 4 aliphatic rings. The monoisotopic (exact) mass is 621 g/mol. The molecule has 10 nitrogen and oxygen atoms in total.